The minimum Gasteiger partial charge on any atom is -0.414 e. The van der Waals surface area contributed by atoms with Gasteiger partial charge in [0.05, 0.1) is 4.92 Å². The van der Waals surface area contributed by atoms with E-state index in [0.717, 1.165) is 5.69 Å². The number of rotatable bonds is 10. The van der Waals surface area contributed by atoms with Crippen molar-refractivity contribution in [3.63, 3.8) is 0 Å². The highest BCUT2D eigenvalue weighted by Crippen LogP contribution is 2.60. The fraction of sp³-hybridized carbons (Fsp3) is 0.111. The van der Waals surface area contributed by atoms with Crippen LogP contribution >= 0.6 is 7.60 Å². The number of benzene rings is 4. The van der Waals surface area contributed by atoms with E-state index in [9.17, 15) is 14.7 Å². The fourth-order valence-corrected chi connectivity index (χ4v) is 5.47. The summed E-state index contributed by atoms with van der Waals surface area (Å²) in [6.45, 7) is 0. The second-order valence-electron chi connectivity index (χ2n) is 8.19. The molecule has 1 N–H and O–H groups in total. The van der Waals surface area contributed by atoms with Crippen LogP contribution in [0.5, 0.6) is 11.5 Å². The molecule has 8 nitrogen and oxygen atoms in total. The largest absolute Gasteiger partial charge is 0.457 e. The third kappa shape index (κ3) is 6.03. The lowest BCUT2D eigenvalue weighted by Gasteiger charge is -2.29. The van der Waals surface area contributed by atoms with Crippen molar-refractivity contribution < 1.29 is 18.5 Å². The van der Waals surface area contributed by atoms with Gasteiger partial charge in [-0.05, 0) is 48.0 Å². The predicted molar refractivity (Wildman–Crippen MR) is 142 cm³/mol. The summed E-state index contributed by atoms with van der Waals surface area (Å²) in [5.41, 5.74) is 1.89. The van der Waals surface area contributed by atoms with E-state index in [1.807, 2.05) is 55.4 Å². The predicted octanol–water partition coefficient (Wildman–Crippen LogP) is 7.12. The van der Waals surface area contributed by atoms with E-state index in [-0.39, 0.29) is 5.69 Å². The molecule has 4 aromatic carbocycles. The first-order chi connectivity index (χ1) is 17.3. The summed E-state index contributed by atoms with van der Waals surface area (Å²) < 4.78 is 26.8. The van der Waals surface area contributed by atoms with Crippen LogP contribution in [0.15, 0.2) is 109 Å². The highest BCUT2D eigenvalue weighted by atomic mass is 31.2. The maximum atomic E-state index is 14.6. The Hall–Kier alpha value is -4.29. The maximum absolute atomic E-state index is 14.6. The maximum Gasteiger partial charge on any atom is 0.457 e. The molecule has 0 fully saturated rings. The van der Waals surface area contributed by atoms with Crippen LogP contribution in [-0.4, -0.2) is 19.0 Å². The van der Waals surface area contributed by atoms with Gasteiger partial charge in [-0.2, -0.15) is 0 Å². The van der Waals surface area contributed by atoms with Crippen molar-refractivity contribution in [3.8, 4) is 11.5 Å². The zero-order valence-corrected chi connectivity index (χ0v) is 20.7. The molecule has 36 heavy (non-hydrogen) atoms. The van der Waals surface area contributed by atoms with E-state index in [0.29, 0.717) is 22.7 Å². The van der Waals surface area contributed by atoms with Crippen molar-refractivity contribution in [2.45, 2.75) is 5.78 Å². The SMILES string of the molecule is CN(C)c1ccc([C@@H](Nc2cccc([N+](=O)[O-])c2)P(=O)(Oc2ccccc2)Oc2ccccc2)cc1. The van der Waals surface area contributed by atoms with Gasteiger partial charge in [0.25, 0.3) is 5.69 Å². The highest BCUT2D eigenvalue weighted by Gasteiger charge is 2.41. The van der Waals surface area contributed by atoms with Crippen LogP contribution in [0.4, 0.5) is 17.1 Å². The van der Waals surface area contributed by atoms with Gasteiger partial charge in [-0.1, -0.05) is 54.6 Å². The minimum atomic E-state index is -4.03. The van der Waals surface area contributed by atoms with Gasteiger partial charge in [-0.25, -0.2) is 4.57 Å². The van der Waals surface area contributed by atoms with Crippen molar-refractivity contribution in [2.75, 3.05) is 24.3 Å². The Kier molecular flexibility index (Phi) is 7.56. The number of nitrogens with one attached hydrogen (secondary N) is 1. The zero-order chi connectivity index (χ0) is 25.5. The smallest absolute Gasteiger partial charge is 0.414 e. The van der Waals surface area contributed by atoms with Gasteiger partial charge in [-0.3, -0.25) is 10.1 Å². The van der Waals surface area contributed by atoms with Crippen LogP contribution in [0, 0.1) is 10.1 Å². The van der Waals surface area contributed by atoms with Crippen LogP contribution in [0.3, 0.4) is 0 Å². The number of non-ortho nitro benzene ring substituents is 1. The molecule has 0 saturated heterocycles. The molecule has 4 aromatic rings. The molecule has 0 aliphatic carbocycles. The third-order valence-corrected chi connectivity index (χ3v) is 7.34. The minimum absolute atomic E-state index is 0.0931. The monoisotopic (exact) mass is 503 g/mol. The molecule has 0 aliphatic heterocycles. The van der Waals surface area contributed by atoms with Gasteiger partial charge in [0.15, 0.2) is 5.78 Å². The third-order valence-electron chi connectivity index (χ3n) is 5.35. The second kappa shape index (κ2) is 11.0. The Labute approximate surface area is 209 Å². The van der Waals surface area contributed by atoms with E-state index in [1.165, 1.54) is 12.1 Å². The van der Waals surface area contributed by atoms with Gasteiger partial charge >= 0.3 is 7.60 Å². The Bertz CT molecular complexity index is 1300. The number of hydrogen-bond acceptors (Lipinski definition) is 7. The molecular formula is C27H26N3O5P. The standard InChI is InChI=1S/C27H26N3O5P/c1-29(2)23-18-16-21(17-19-23)27(28-22-10-9-11-24(20-22)30(31)32)36(33,34-25-12-5-3-6-13-25)35-26-14-7-4-8-15-26/h3-20,27-28H,1-2H3/t27-/m0/s1. The van der Waals surface area contributed by atoms with Crippen molar-refractivity contribution >= 4 is 24.7 Å². The first kappa shape index (κ1) is 24.8. The van der Waals surface area contributed by atoms with E-state index in [4.69, 9.17) is 9.05 Å². The summed E-state index contributed by atoms with van der Waals surface area (Å²) in [6, 6.07) is 31.0. The molecule has 0 bridgehead atoms. The summed E-state index contributed by atoms with van der Waals surface area (Å²) >= 11 is 0. The zero-order valence-electron chi connectivity index (χ0n) is 19.9. The molecule has 0 unspecified atom stereocenters. The molecule has 0 aliphatic rings. The Morgan fingerprint density at radius 1 is 0.806 bits per heavy atom. The van der Waals surface area contributed by atoms with Crippen molar-refractivity contribution in [2.24, 2.45) is 0 Å². The quantitative estimate of drug-likeness (QED) is 0.140. The van der Waals surface area contributed by atoms with Crippen LogP contribution in [0.25, 0.3) is 0 Å². The topological polar surface area (TPSA) is 93.9 Å². The molecule has 0 heterocycles. The van der Waals surface area contributed by atoms with Gasteiger partial charge in [0.1, 0.15) is 11.5 Å². The van der Waals surface area contributed by atoms with Gasteiger partial charge < -0.3 is 19.3 Å². The molecule has 0 radical (unpaired) electrons. The Morgan fingerprint density at radius 3 is 1.86 bits per heavy atom. The first-order valence-electron chi connectivity index (χ1n) is 11.2. The summed E-state index contributed by atoms with van der Waals surface area (Å²) in [4.78, 5) is 12.8. The number of anilines is 2. The van der Waals surface area contributed by atoms with Gasteiger partial charge in [-0.15, -0.1) is 0 Å². The average molecular weight is 503 g/mol. The molecule has 0 aromatic heterocycles. The Balaban J connectivity index is 1.82. The Morgan fingerprint density at radius 2 is 1.36 bits per heavy atom. The fourth-order valence-electron chi connectivity index (χ4n) is 3.55. The summed E-state index contributed by atoms with van der Waals surface area (Å²) in [5, 5.41) is 14.5. The number of nitro groups is 1. The molecule has 1 atom stereocenters. The number of nitrogens with zero attached hydrogens (tertiary/aromatic N) is 2. The van der Waals surface area contributed by atoms with Crippen LogP contribution in [0.2, 0.25) is 0 Å². The summed E-state index contributed by atoms with van der Waals surface area (Å²) in [7, 11) is -0.180. The van der Waals surface area contributed by atoms with Gasteiger partial charge in [0, 0.05) is 37.6 Å². The molecule has 0 spiro atoms. The number of para-hydroxylation sites is 2. The molecule has 9 heteroatoms. The van der Waals surface area contributed by atoms with E-state index < -0.39 is 18.3 Å². The van der Waals surface area contributed by atoms with Crippen LogP contribution in [0.1, 0.15) is 11.3 Å². The second-order valence-corrected chi connectivity index (χ2v) is 10.2. The lowest BCUT2D eigenvalue weighted by atomic mass is 10.2. The van der Waals surface area contributed by atoms with E-state index in [2.05, 4.69) is 5.32 Å². The summed E-state index contributed by atoms with van der Waals surface area (Å²) in [5.74, 6) is -0.254. The molecule has 4 rings (SSSR count). The number of nitro benzene ring substituents is 1. The number of hydrogen-bond donors (Lipinski definition) is 1. The average Bonchev–Trinajstić information content (AvgIpc) is 2.88. The normalized spacial score (nSPS) is 11.8. The lowest BCUT2D eigenvalue weighted by Crippen LogP contribution is -2.18. The van der Waals surface area contributed by atoms with Crippen LogP contribution < -0.4 is 19.3 Å². The molecular weight excluding hydrogens is 477 g/mol. The van der Waals surface area contributed by atoms with Crippen molar-refractivity contribution in [1.29, 1.82) is 0 Å². The van der Waals surface area contributed by atoms with Gasteiger partial charge in [0.2, 0.25) is 0 Å². The first-order valence-corrected chi connectivity index (χ1v) is 12.8. The summed E-state index contributed by atoms with van der Waals surface area (Å²) in [6.07, 6.45) is 0. The molecule has 0 saturated carbocycles. The molecule has 184 valence electrons. The van der Waals surface area contributed by atoms with E-state index in [1.54, 1.807) is 60.7 Å². The van der Waals surface area contributed by atoms with E-state index >= 15 is 0 Å². The molecule has 0 amide bonds. The van der Waals surface area contributed by atoms with Crippen molar-refractivity contribution in [1.82, 2.24) is 0 Å². The van der Waals surface area contributed by atoms with Crippen molar-refractivity contribution in [3.05, 3.63) is 125 Å². The highest BCUT2D eigenvalue weighted by molar-refractivity contribution is 7.55. The lowest BCUT2D eigenvalue weighted by molar-refractivity contribution is -0.384. The van der Waals surface area contributed by atoms with Crippen LogP contribution in [-0.2, 0) is 4.57 Å².